The van der Waals surface area contributed by atoms with E-state index in [0.717, 1.165) is 5.56 Å². The molecule has 0 aliphatic carbocycles. The van der Waals surface area contributed by atoms with E-state index in [0.29, 0.717) is 17.9 Å². The standard InChI is InChI=1S/C18H20O4/c1-18(2,17(20)21)11-14-9-6-10-15(16(14)19)22-12-13-7-4-3-5-8-13/h3-10,19H,11-12H2,1-2H3,(H,20,21). The Morgan fingerprint density at radius 1 is 1.09 bits per heavy atom. The van der Waals surface area contributed by atoms with Gasteiger partial charge in [-0.2, -0.15) is 0 Å². The van der Waals surface area contributed by atoms with Crippen molar-refractivity contribution in [3.8, 4) is 11.5 Å². The van der Waals surface area contributed by atoms with Crippen molar-refractivity contribution < 1.29 is 19.7 Å². The lowest BCUT2D eigenvalue weighted by Crippen LogP contribution is -2.26. The Kier molecular flexibility index (Phi) is 4.71. The Hall–Kier alpha value is -2.49. The molecule has 0 aliphatic rings. The number of phenolic OH excluding ortho intramolecular Hbond substituents is 1. The Bertz CT molecular complexity index is 647. The summed E-state index contributed by atoms with van der Waals surface area (Å²) in [6.45, 7) is 3.61. The normalized spacial score (nSPS) is 11.2. The Morgan fingerprint density at radius 2 is 1.77 bits per heavy atom. The van der Waals surface area contributed by atoms with Crippen molar-refractivity contribution in [3.63, 3.8) is 0 Å². The number of carbonyl (C=O) groups is 1. The molecule has 0 spiro atoms. The first-order valence-corrected chi connectivity index (χ1v) is 7.11. The maximum Gasteiger partial charge on any atom is 0.309 e. The van der Waals surface area contributed by atoms with Crippen molar-refractivity contribution >= 4 is 5.97 Å². The summed E-state index contributed by atoms with van der Waals surface area (Å²) >= 11 is 0. The summed E-state index contributed by atoms with van der Waals surface area (Å²) in [6.07, 6.45) is 0.233. The van der Waals surface area contributed by atoms with Crippen LogP contribution in [0.5, 0.6) is 11.5 Å². The van der Waals surface area contributed by atoms with Gasteiger partial charge in [-0.1, -0.05) is 42.5 Å². The van der Waals surface area contributed by atoms with Crippen LogP contribution in [0.2, 0.25) is 0 Å². The molecule has 0 aliphatic heterocycles. The Labute approximate surface area is 130 Å². The van der Waals surface area contributed by atoms with Crippen LogP contribution in [0.15, 0.2) is 48.5 Å². The summed E-state index contributed by atoms with van der Waals surface area (Å²) in [7, 11) is 0. The average Bonchev–Trinajstić information content (AvgIpc) is 2.49. The summed E-state index contributed by atoms with van der Waals surface area (Å²) in [5.74, 6) is -0.530. The molecular weight excluding hydrogens is 280 g/mol. The predicted molar refractivity (Wildman–Crippen MR) is 84.0 cm³/mol. The molecule has 0 aromatic heterocycles. The number of carboxylic acid groups (broad SMARTS) is 1. The van der Waals surface area contributed by atoms with Gasteiger partial charge in [0.2, 0.25) is 0 Å². The molecule has 0 atom stereocenters. The number of carboxylic acids is 1. The van der Waals surface area contributed by atoms with Gasteiger partial charge in [-0.25, -0.2) is 0 Å². The zero-order chi connectivity index (χ0) is 16.2. The molecule has 4 nitrogen and oxygen atoms in total. The van der Waals surface area contributed by atoms with Crippen molar-refractivity contribution in [1.29, 1.82) is 0 Å². The van der Waals surface area contributed by atoms with Crippen LogP contribution in [0.1, 0.15) is 25.0 Å². The Balaban J connectivity index is 2.14. The average molecular weight is 300 g/mol. The molecule has 2 aromatic rings. The molecule has 2 aromatic carbocycles. The van der Waals surface area contributed by atoms with Crippen molar-refractivity contribution in [1.82, 2.24) is 0 Å². The summed E-state index contributed by atoms with van der Waals surface area (Å²) in [6, 6.07) is 14.8. The molecule has 0 heterocycles. The second-order valence-corrected chi connectivity index (χ2v) is 5.90. The van der Waals surface area contributed by atoms with E-state index in [1.54, 1.807) is 32.0 Å². The fraction of sp³-hybridized carbons (Fsp3) is 0.278. The first-order chi connectivity index (χ1) is 10.4. The molecule has 0 fully saturated rings. The van der Waals surface area contributed by atoms with E-state index in [1.807, 2.05) is 30.3 Å². The number of aliphatic carboxylic acids is 1. The summed E-state index contributed by atoms with van der Waals surface area (Å²) in [4.78, 5) is 11.2. The number of benzene rings is 2. The quantitative estimate of drug-likeness (QED) is 0.855. The molecule has 0 radical (unpaired) electrons. The van der Waals surface area contributed by atoms with Crippen LogP contribution in [-0.2, 0) is 17.8 Å². The highest BCUT2D eigenvalue weighted by atomic mass is 16.5. The molecule has 0 unspecified atom stereocenters. The highest BCUT2D eigenvalue weighted by molar-refractivity contribution is 5.74. The molecule has 116 valence electrons. The smallest absolute Gasteiger partial charge is 0.309 e. The van der Waals surface area contributed by atoms with Crippen LogP contribution in [-0.4, -0.2) is 16.2 Å². The van der Waals surface area contributed by atoms with Gasteiger partial charge in [0, 0.05) is 0 Å². The molecule has 22 heavy (non-hydrogen) atoms. The minimum atomic E-state index is -0.949. The third-order valence-electron chi connectivity index (χ3n) is 3.53. The molecule has 2 N–H and O–H groups in total. The second-order valence-electron chi connectivity index (χ2n) is 5.90. The van der Waals surface area contributed by atoms with E-state index in [-0.39, 0.29) is 12.2 Å². The summed E-state index contributed by atoms with van der Waals surface area (Å²) in [5, 5.41) is 19.5. The predicted octanol–water partition coefficient (Wildman–Crippen LogP) is 3.62. The molecule has 0 bridgehead atoms. The van der Waals surface area contributed by atoms with Crippen LogP contribution >= 0.6 is 0 Å². The number of rotatable bonds is 6. The van der Waals surface area contributed by atoms with E-state index >= 15 is 0 Å². The first-order valence-electron chi connectivity index (χ1n) is 7.11. The molecule has 4 heteroatoms. The number of aromatic hydroxyl groups is 1. The van der Waals surface area contributed by atoms with E-state index < -0.39 is 11.4 Å². The molecular formula is C18H20O4. The lowest BCUT2D eigenvalue weighted by molar-refractivity contribution is -0.146. The maximum atomic E-state index is 11.2. The number of ether oxygens (including phenoxy) is 1. The van der Waals surface area contributed by atoms with Crippen LogP contribution in [0.3, 0.4) is 0 Å². The van der Waals surface area contributed by atoms with Gasteiger partial charge in [0.25, 0.3) is 0 Å². The first kappa shape index (κ1) is 15.9. The SMILES string of the molecule is CC(C)(Cc1cccc(OCc2ccccc2)c1O)C(=O)O. The Morgan fingerprint density at radius 3 is 2.41 bits per heavy atom. The number of para-hydroxylation sites is 1. The lowest BCUT2D eigenvalue weighted by atomic mass is 9.85. The van der Waals surface area contributed by atoms with Crippen LogP contribution in [0.25, 0.3) is 0 Å². The third-order valence-corrected chi connectivity index (χ3v) is 3.53. The molecule has 2 rings (SSSR count). The minimum absolute atomic E-state index is 0.00718. The molecule has 0 saturated carbocycles. The van der Waals surface area contributed by atoms with Crippen molar-refractivity contribution in [2.45, 2.75) is 26.9 Å². The zero-order valence-corrected chi connectivity index (χ0v) is 12.7. The van der Waals surface area contributed by atoms with Gasteiger partial charge < -0.3 is 14.9 Å². The second kappa shape index (κ2) is 6.52. The van der Waals surface area contributed by atoms with Crippen LogP contribution in [0, 0.1) is 5.41 Å². The van der Waals surface area contributed by atoms with E-state index in [1.165, 1.54) is 0 Å². The minimum Gasteiger partial charge on any atom is -0.504 e. The topological polar surface area (TPSA) is 66.8 Å². The van der Waals surface area contributed by atoms with Crippen LogP contribution in [0.4, 0.5) is 0 Å². The van der Waals surface area contributed by atoms with Crippen molar-refractivity contribution in [3.05, 3.63) is 59.7 Å². The fourth-order valence-corrected chi connectivity index (χ4v) is 2.11. The lowest BCUT2D eigenvalue weighted by Gasteiger charge is -2.20. The van der Waals surface area contributed by atoms with Gasteiger partial charge in [-0.05, 0) is 37.5 Å². The van der Waals surface area contributed by atoms with Gasteiger partial charge >= 0.3 is 5.97 Å². The van der Waals surface area contributed by atoms with Gasteiger partial charge in [0.1, 0.15) is 6.61 Å². The van der Waals surface area contributed by atoms with Crippen molar-refractivity contribution in [2.24, 2.45) is 5.41 Å². The largest absolute Gasteiger partial charge is 0.504 e. The third kappa shape index (κ3) is 3.79. The van der Waals surface area contributed by atoms with E-state index in [9.17, 15) is 15.0 Å². The monoisotopic (exact) mass is 300 g/mol. The van der Waals surface area contributed by atoms with Gasteiger partial charge in [0.05, 0.1) is 5.41 Å². The molecule has 0 amide bonds. The number of hydrogen-bond donors (Lipinski definition) is 2. The van der Waals surface area contributed by atoms with E-state index in [2.05, 4.69) is 0 Å². The summed E-state index contributed by atoms with van der Waals surface area (Å²) < 4.78 is 5.64. The van der Waals surface area contributed by atoms with E-state index in [4.69, 9.17) is 4.74 Å². The van der Waals surface area contributed by atoms with Gasteiger partial charge in [-0.15, -0.1) is 0 Å². The highest BCUT2D eigenvalue weighted by Gasteiger charge is 2.29. The molecule has 0 saturated heterocycles. The highest BCUT2D eigenvalue weighted by Crippen LogP contribution is 2.34. The van der Waals surface area contributed by atoms with Gasteiger partial charge in [0.15, 0.2) is 11.5 Å². The number of hydrogen-bond acceptors (Lipinski definition) is 3. The zero-order valence-electron chi connectivity index (χ0n) is 12.7. The van der Waals surface area contributed by atoms with Gasteiger partial charge in [-0.3, -0.25) is 4.79 Å². The van der Waals surface area contributed by atoms with Crippen LogP contribution < -0.4 is 4.74 Å². The maximum absolute atomic E-state index is 11.2. The fourth-order valence-electron chi connectivity index (χ4n) is 2.11. The summed E-state index contributed by atoms with van der Waals surface area (Å²) in [5.41, 5.74) is 0.617. The number of phenols is 1. The van der Waals surface area contributed by atoms with Crippen molar-refractivity contribution in [2.75, 3.05) is 0 Å².